The number of carbonyl (C=O) groups is 2. The summed E-state index contributed by atoms with van der Waals surface area (Å²) >= 11 is 0. The van der Waals surface area contributed by atoms with Crippen molar-refractivity contribution in [1.82, 2.24) is 5.32 Å². The number of nitrogens with one attached hydrogen (secondary N) is 1. The summed E-state index contributed by atoms with van der Waals surface area (Å²) in [6, 6.07) is 4.99. The smallest absolute Gasteiger partial charge is 0.408 e. The van der Waals surface area contributed by atoms with E-state index in [2.05, 4.69) is 5.32 Å². The van der Waals surface area contributed by atoms with Gasteiger partial charge in [-0.25, -0.2) is 9.59 Å². The van der Waals surface area contributed by atoms with Gasteiger partial charge in [0.2, 0.25) is 0 Å². The minimum Gasteiger partial charge on any atom is -0.491 e. The van der Waals surface area contributed by atoms with E-state index in [1.54, 1.807) is 39.8 Å². The number of aliphatic carboxylic acids is 1. The fourth-order valence-electron chi connectivity index (χ4n) is 1.69. The molecule has 2 atom stereocenters. The molecule has 1 amide bonds. The zero-order valence-electron chi connectivity index (χ0n) is 13.7. The molecule has 0 aliphatic heterocycles. The Morgan fingerprint density at radius 2 is 1.78 bits per heavy atom. The minimum absolute atomic E-state index is 0.137. The number of carboxylic acid groups (broad SMARTS) is 1. The van der Waals surface area contributed by atoms with E-state index in [4.69, 9.17) is 14.6 Å². The van der Waals surface area contributed by atoms with Crippen LogP contribution in [0.2, 0.25) is 0 Å². The molecule has 0 radical (unpaired) electrons. The Kier molecular flexibility index (Phi) is 6.38. The van der Waals surface area contributed by atoms with Gasteiger partial charge in [0.25, 0.3) is 0 Å². The molecule has 0 aliphatic rings. The quantitative estimate of drug-likeness (QED) is 0.740. The van der Waals surface area contributed by atoms with E-state index in [1.807, 2.05) is 0 Å². The van der Waals surface area contributed by atoms with Crippen LogP contribution in [0.4, 0.5) is 4.79 Å². The fourth-order valence-corrected chi connectivity index (χ4v) is 1.69. The standard InChI is InChI=1S/C16H23NO6/c1-10(18)9-22-12-7-5-11(6-8-12)13(14(19)20)17-15(21)23-16(2,3)4/h5-8,10,13,18H,9H2,1-4H3,(H,17,21)(H,19,20)/t10-,13-/m1/s1. The summed E-state index contributed by atoms with van der Waals surface area (Å²) in [5, 5.41) is 20.8. The third-order valence-electron chi connectivity index (χ3n) is 2.61. The highest BCUT2D eigenvalue weighted by molar-refractivity contribution is 5.81. The monoisotopic (exact) mass is 325 g/mol. The summed E-state index contributed by atoms with van der Waals surface area (Å²) in [7, 11) is 0. The lowest BCUT2D eigenvalue weighted by Crippen LogP contribution is -2.38. The van der Waals surface area contributed by atoms with Crippen molar-refractivity contribution in [2.75, 3.05) is 6.61 Å². The van der Waals surface area contributed by atoms with Crippen LogP contribution in [0.25, 0.3) is 0 Å². The highest BCUT2D eigenvalue weighted by atomic mass is 16.6. The molecular weight excluding hydrogens is 302 g/mol. The number of aliphatic hydroxyl groups excluding tert-OH is 1. The van der Waals surface area contributed by atoms with Crippen LogP contribution < -0.4 is 10.1 Å². The molecule has 0 bridgehead atoms. The van der Waals surface area contributed by atoms with E-state index in [1.165, 1.54) is 12.1 Å². The van der Waals surface area contributed by atoms with Crippen molar-refractivity contribution in [2.24, 2.45) is 0 Å². The van der Waals surface area contributed by atoms with Gasteiger partial charge in [-0.15, -0.1) is 0 Å². The van der Waals surface area contributed by atoms with Crippen LogP contribution in [0.3, 0.4) is 0 Å². The van der Waals surface area contributed by atoms with Crippen LogP contribution in [-0.2, 0) is 9.53 Å². The number of ether oxygens (including phenoxy) is 2. The fraction of sp³-hybridized carbons (Fsp3) is 0.500. The van der Waals surface area contributed by atoms with E-state index in [-0.39, 0.29) is 6.61 Å². The van der Waals surface area contributed by atoms with Crippen molar-refractivity contribution in [1.29, 1.82) is 0 Å². The molecule has 0 saturated heterocycles. The minimum atomic E-state index is -1.23. The summed E-state index contributed by atoms with van der Waals surface area (Å²) in [6.07, 6.45) is -1.41. The molecule has 0 unspecified atom stereocenters. The lowest BCUT2D eigenvalue weighted by molar-refractivity contribution is -0.139. The summed E-state index contributed by atoms with van der Waals surface area (Å²) in [4.78, 5) is 23.1. The predicted molar refractivity (Wildman–Crippen MR) is 83.4 cm³/mol. The topological polar surface area (TPSA) is 105 Å². The lowest BCUT2D eigenvalue weighted by atomic mass is 10.1. The van der Waals surface area contributed by atoms with Crippen LogP contribution >= 0.6 is 0 Å². The lowest BCUT2D eigenvalue weighted by Gasteiger charge is -2.22. The number of amides is 1. The maximum absolute atomic E-state index is 11.7. The average molecular weight is 325 g/mol. The summed E-state index contributed by atoms with van der Waals surface area (Å²) < 4.78 is 10.4. The third kappa shape index (κ3) is 7.01. The Morgan fingerprint density at radius 1 is 1.22 bits per heavy atom. The molecule has 23 heavy (non-hydrogen) atoms. The Bertz CT molecular complexity index is 532. The van der Waals surface area contributed by atoms with Crippen LogP contribution in [0.1, 0.15) is 39.3 Å². The van der Waals surface area contributed by atoms with Gasteiger partial charge >= 0.3 is 12.1 Å². The van der Waals surface area contributed by atoms with Gasteiger partial charge in [0.05, 0.1) is 6.10 Å². The second kappa shape index (κ2) is 7.82. The molecule has 1 rings (SSSR count). The molecule has 3 N–H and O–H groups in total. The molecular formula is C16H23NO6. The molecule has 0 saturated carbocycles. The Balaban J connectivity index is 2.78. The first kappa shape index (κ1) is 18.8. The van der Waals surface area contributed by atoms with Crippen molar-refractivity contribution in [2.45, 2.75) is 45.4 Å². The van der Waals surface area contributed by atoms with Crippen molar-refractivity contribution in [3.63, 3.8) is 0 Å². The maximum atomic E-state index is 11.7. The van der Waals surface area contributed by atoms with E-state index >= 15 is 0 Å². The van der Waals surface area contributed by atoms with Gasteiger partial charge in [-0.3, -0.25) is 0 Å². The molecule has 0 aliphatic carbocycles. The Morgan fingerprint density at radius 3 is 2.22 bits per heavy atom. The van der Waals surface area contributed by atoms with Gasteiger partial charge in [0, 0.05) is 0 Å². The van der Waals surface area contributed by atoms with Crippen molar-refractivity contribution in [3.05, 3.63) is 29.8 Å². The van der Waals surface area contributed by atoms with Crippen LogP contribution in [-0.4, -0.2) is 40.6 Å². The van der Waals surface area contributed by atoms with Crippen LogP contribution in [0, 0.1) is 0 Å². The molecule has 1 aromatic rings. The van der Waals surface area contributed by atoms with Crippen molar-refractivity contribution in [3.8, 4) is 5.75 Å². The number of carbonyl (C=O) groups excluding carboxylic acids is 1. The third-order valence-corrected chi connectivity index (χ3v) is 2.61. The second-order valence-electron chi connectivity index (χ2n) is 6.15. The number of rotatable bonds is 6. The van der Waals surface area contributed by atoms with E-state index in [0.717, 1.165) is 0 Å². The molecule has 0 spiro atoms. The molecule has 7 heteroatoms. The number of aliphatic hydroxyl groups is 1. The first-order chi connectivity index (χ1) is 10.6. The maximum Gasteiger partial charge on any atom is 0.408 e. The normalized spacial score (nSPS) is 13.8. The largest absolute Gasteiger partial charge is 0.491 e. The molecule has 0 fully saturated rings. The summed E-state index contributed by atoms with van der Waals surface area (Å²) in [5.41, 5.74) is -0.334. The number of carboxylic acids is 1. The van der Waals surface area contributed by atoms with Gasteiger partial charge in [-0.1, -0.05) is 12.1 Å². The highest BCUT2D eigenvalue weighted by Gasteiger charge is 2.25. The Hall–Kier alpha value is -2.28. The molecule has 0 heterocycles. The van der Waals surface area contributed by atoms with Crippen molar-refractivity contribution < 1.29 is 29.3 Å². The summed E-state index contributed by atoms with van der Waals surface area (Å²) in [6.45, 7) is 6.81. The first-order valence-electron chi connectivity index (χ1n) is 7.21. The zero-order chi connectivity index (χ0) is 17.6. The Labute approximate surface area is 135 Å². The van der Waals surface area contributed by atoms with Crippen molar-refractivity contribution >= 4 is 12.1 Å². The molecule has 1 aromatic carbocycles. The van der Waals surface area contributed by atoms with Gasteiger partial charge in [-0.05, 0) is 45.4 Å². The second-order valence-corrected chi connectivity index (χ2v) is 6.15. The van der Waals surface area contributed by atoms with E-state index in [0.29, 0.717) is 11.3 Å². The molecule has 128 valence electrons. The highest BCUT2D eigenvalue weighted by Crippen LogP contribution is 2.19. The van der Waals surface area contributed by atoms with Gasteiger partial charge in [0.15, 0.2) is 6.04 Å². The SMILES string of the molecule is C[C@@H](O)COc1ccc([C@@H](NC(=O)OC(C)(C)C)C(=O)O)cc1. The van der Waals surface area contributed by atoms with Crippen LogP contribution in [0.15, 0.2) is 24.3 Å². The van der Waals surface area contributed by atoms with Gasteiger partial charge < -0.3 is 25.0 Å². The van der Waals surface area contributed by atoms with Crippen LogP contribution in [0.5, 0.6) is 5.75 Å². The van der Waals surface area contributed by atoms with E-state index in [9.17, 15) is 14.7 Å². The zero-order valence-corrected chi connectivity index (χ0v) is 13.7. The summed E-state index contributed by atoms with van der Waals surface area (Å²) in [5.74, 6) is -0.704. The predicted octanol–water partition coefficient (Wildman–Crippen LogP) is 2.10. The molecule has 0 aromatic heterocycles. The number of hydrogen-bond donors (Lipinski definition) is 3. The van der Waals surface area contributed by atoms with Gasteiger partial charge in [0.1, 0.15) is 18.0 Å². The first-order valence-corrected chi connectivity index (χ1v) is 7.21. The van der Waals surface area contributed by atoms with E-state index < -0.39 is 29.8 Å². The van der Waals surface area contributed by atoms with Gasteiger partial charge in [-0.2, -0.15) is 0 Å². The molecule has 7 nitrogen and oxygen atoms in total. The number of alkyl carbamates (subject to hydrolysis) is 1. The average Bonchev–Trinajstić information content (AvgIpc) is 2.41. The number of hydrogen-bond acceptors (Lipinski definition) is 5. The number of benzene rings is 1.